The van der Waals surface area contributed by atoms with E-state index in [9.17, 15) is 0 Å². The number of fused-ring (bicyclic) bond motifs is 1. The van der Waals surface area contributed by atoms with Crippen molar-refractivity contribution in [1.82, 2.24) is 0 Å². The summed E-state index contributed by atoms with van der Waals surface area (Å²) >= 11 is 1.76. The molecule has 0 radical (unpaired) electrons. The van der Waals surface area contributed by atoms with Gasteiger partial charge in [0.15, 0.2) is 0 Å². The molecule has 0 nitrogen and oxygen atoms in total. The quantitative estimate of drug-likeness (QED) is 0.459. The number of allylic oxidation sites excluding steroid dienone is 4. The third-order valence-electron chi connectivity index (χ3n) is 1.42. The summed E-state index contributed by atoms with van der Waals surface area (Å²) in [6.45, 7) is 0. The third-order valence-corrected chi connectivity index (χ3v) is 2.29. The number of rotatable bonds is 0. The average Bonchev–Trinajstić information content (AvgIpc) is 2.33. The lowest BCUT2D eigenvalue weighted by Gasteiger charge is -2.02. The highest BCUT2D eigenvalue weighted by molar-refractivity contribution is 8.06. The molecule has 0 N–H and O–H groups in total. The Balaban J connectivity index is 2.46. The van der Waals surface area contributed by atoms with Crippen molar-refractivity contribution >= 4 is 11.8 Å². The van der Waals surface area contributed by atoms with Crippen LogP contribution in [0.3, 0.4) is 0 Å². The molecule has 1 heterocycles. The van der Waals surface area contributed by atoms with Crippen molar-refractivity contribution in [3.63, 3.8) is 0 Å². The lowest BCUT2D eigenvalue weighted by Crippen LogP contribution is -1.82. The Bertz CT molecular complexity index is 250. The van der Waals surface area contributed by atoms with Crippen LogP contribution in [-0.4, -0.2) is 0 Å². The van der Waals surface area contributed by atoms with Crippen molar-refractivity contribution < 1.29 is 0 Å². The van der Waals surface area contributed by atoms with Gasteiger partial charge < -0.3 is 0 Å². The average molecular weight is 134 g/mol. The van der Waals surface area contributed by atoms with Gasteiger partial charge in [0.2, 0.25) is 0 Å². The zero-order valence-corrected chi connectivity index (χ0v) is 5.74. The highest BCUT2D eigenvalue weighted by Gasteiger charge is 2.08. The number of thioether (sulfide) groups is 1. The van der Waals surface area contributed by atoms with Crippen LogP contribution in [0, 0.1) is 0 Å². The molecule has 1 aliphatic carbocycles. The molecule has 0 unspecified atom stereocenters. The van der Waals surface area contributed by atoms with Crippen LogP contribution in [0.2, 0.25) is 0 Å². The molecule has 0 saturated carbocycles. The van der Waals surface area contributed by atoms with E-state index >= 15 is 0 Å². The first-order valence-electron chi connectivity index (χ1n) is 2.95. The van der Waals surface area contributed by atoms with Crippen LogP contribution < -0.4 is 0 Å². The summed E-state index contributed by atoms with van der Waals surface area (Å²) in [6.07, 6.45) is 7.47. The lowest BCUT2D eigenvalue weighted by atomic mass is 10.1. The molecule has 0 spiro atoms. The Morgan fingerprint density at radius 2 is 2.56 bits per heavy atom. The summed E-state index contributed by atoms with van der Waals surface area (Å²) in [6, 6.07) is 0. The van der Waals surface area contributed by atoms with Gasteiger partial charge >= 0.3 is 0 Å². The standard InChI is InChI=1S/C8H6S/c1-2-4-8-7(3-1)5-6-9-8/h1-2,4,6H,3H2. The maximum atomic E-state index is 3.19. The predicted molar refractivity (Wildman–Crippen MR) is 41.0 cm³/mol. The first kappa shape index (κ1) is 5.16. The molecule has 1 aliphatic heterocycles. The molecule has 44 valence electrons. The molecule has 2 aliphatic rings. The second-order valence-electron chi connectivity index (χ2n) is 2.02. The zero-order chi connectivity index (χ0) is 6.10. The maximum Gasteiger partial charge on any atom is 0.0235 e. The molecule has 0 amide bonds. The summed E-state index contributed by atoms with van der Waals surface area (Å²) in [4.78, 5) is 1.37. The van der Waals surface area contributed by atoms with Gasteiger partial charge in [-0.25, -0.2) is 0 Å². The van der Waals surface area contributed by atoms with Crippen molar-refractivity contribution in [2.45, 2.75) is 6.42 Å². The van der Waals surface area contributed by atoms with Crippen LogP contribution in [0.5, 0.6) is 0 Å². The van der Waals surface area contributed by atoms with Gasteiger partial charge in [0.1, 0.15) is 0 Å². The molecule has 0 aromatic rings. The van der Waals surface area contributed by atoms with Crippen molar-refractivity contribution in [2.75, 3.05) is 0 Å². The van der Waals surface area contributed by atoms with Crippen molar-refractivity contribution in [2.24, 2.45) is 0 Å². The SMILES string of the molecule is C1=CSC2=CC=CCC=12. The topological polar surface area (TPSA) is 0 Å². The molecule has 0 atom stereocenters. The zero-order valence-electron chi connectivity index (χ0n) is 4.92. The molecule has 1 heteroatoms. The van der Waals surface area contributed by atoms with Gasteiger partial charge in [-0.1, -0.05) is 23.9 Å². The number of hydrogen-bond acceptors (Lipinski definition) is 1. The van der Waals surface area contributed by atoms with Crippen LogP contribution >= 0.6 is 11.8 Å². The normalized spacial score (nSPS) is 21.3. The first-order chi connectivity index (χ1) is 4.47. The fourth-order valence-electron chi connectivity index (χ4n) is 0.947. The van der Waals surface area contributed by atoms with Gasteiger partial charge in [-0.2, -0.15) is 0 Å². The largest absolute Gasteiger partial charge is 0.109 e. The molecule has 0 aromatic heterocycles. The Kier molecular flexibility index (Phi) is 1.11. The first-order valence-corrected chi connectivity index (χ1v) is 3.83. The van der Waals surface area contributed by atoms with Crippen molar-refractivity contribution in [3.05, 3.63) is 39.8 Å². The Morgan fingerprint density at radius 1 is 1.56 bits per heavy atom. The van der Waals surface area contributed by atoms with Gasteiger partial charge in [0.25, 0.3) is 0 Å². The predicted octanol–water partition coefficient (Wildman–Crippen LogP) is 2.62. The van der Waals surface area contributed by atoms with E-state index in [4.69, 9.17) is 0 Å². The monoisotopic (exact) mass is 134 g/mol. The van der Waals surface area contributed by atoms with E-state index in [1.807, 2.05) is 5.41 Å². The highest BCUT2D eigenvalue weighted by Crippen LogP contribution is 2.33. The lowest BCUT2D eigenvalue weighted by molar-refractivity contribution is 1.26. The van der Waals surface area contributed by atoms with Crippen LogP contribution in [0.15, 0.2) is 39.8 Å². The van der Waals surface area contributed by atoms with Gasteiger partial charge in [-0.05, 0) is 12.5 Å². The van der Waals surface area contributed by atoms with Crippen LogP contribution in [0.25, 0.3) is 0 Å². The van der Waals surface area contributed by atoms with E-state index in [0.717, 1.165) is 6.42 Å². The smallest absolute Gasteiger partial charge is 0.0235 e. The molecular formula is C8H6S. The Labute approximate surface area is 58.6 Å². The molecule has 0 fully saturated rings. The maximum absolute atomic E-state index is 3.19. The van der Waals surface area contributed by atoms with E-state index < -0.39 is 0 Å². The van der Waals surface area contributed by atoms with Gasteiger partial charge in [-0.3, -0.25) is 0 Å². The second-order valence-corrected chi connectivity index (χ2v) is 2.93. The highest BCUT2D eigenvalue weighted by atomic mass is 32.2. The minimum atomic E-state index is 1.06. The molecule has 0 bridgehead atoms. The Hall–Kier alpha value is -0.650. The minimum Gasteiger partial charge on any atom is -0.109 e. The summed E-state index contributed by atoms with van der Waals surface area (Å²) in [5.74, 6) is 0. The molecule has 0 aromatic carbocycles. The fourth-order valence-corrected chi connectivity index (χ4v) is 1.72. The van der Waals surface area contributed by atoms with E-state index in [0.29, 0.717) is 0 Å². The van der Waals surface area contributed by atoms with E-state index in [-0.39, 0.29) is 0 Å². The van der Waals surface area contributed by atoms with E-state index in [2.05, 4.69) is 24.0 Å². The number of hydrogen-bond donors (Lipinski definition) is 0. The third kappa shape index (κ3) is 0.787. The molecule has 2 rings (SSSR count). The second kappa shape index (κ2) is 1.94. The summed E-state index contributed by atoms with van der Waals surface area (Å²) in [5.41, 5.74) is 4.54. The van der Waals surface area contributed by atoms with E-state index in [1.165, 1.54) is 10.5 Å². The van der Waals surface area contributed by atoms with E-state index in [1.54, 1.807) is 11.8 Å². The molecule has 0 saturated heterocycles. The van der Waals surface area contributed by atoms with Gasteiger partial charge in [0.05, 0.1) is 0 Å². The van der Waals surface area contributed by atoms with Gasteiger partial charge in [0, 0.05) is 15.9 Å². The summed E-state index contributed by atoms with van der Waals surface area (Å²) < 4.78 is 0. The van der Waals surface area contributed by atoms with Crippen LogP contribution in [-0.2, 0) is 0 Å². The summed E-state index contributed by atoms with van der Waals surface area (Å²) in [7, 11) is 0. The Morgan fingerprint density at radius 3 is 3.44 bits per heavy atom. The van der Waals surface area contributed by atoms with Crippen molar-refractivity contribution in [1.29, 1.82) is 0 Å². The molecular weight excluding hydrogens is 128 g/mol. The van der Waals surface area contributed by atoms with Gasteiger partial charge in [-0.15, -0.1) is 5.73 Å². The summed E-state index contributed by atoms with van der Waals surface area (Å²) in [5, 5.41) is 2.02. The minimum absolute atomic E-state index is 1.06. The van der Waals surface area contributed by atoms with Crippen molar-refractivity contribution in [3.8, 4) is 0 Å². The van der Waals surface area contributed by atoms with Crippen LogP contribution in [0.4, 0.5) is 0 Å². The van der Waals surface area contributed by atoms with Crippen LogP contribution in [0.1, 0.15) is 6.42 Å². The molecule has 9 heavy (non-hydrogen) atoms. The fraction of sp³-hybridized carbons (Fsp3) is 0.125.